The molecule has 0 unspecified atom stereocenters. The number of benzene rings is 1. The summed E-state index contributed by atoms with van der Waals surface area (Å²) in [5.74, 6) is 0.724. The maximum Gasteiger partial charge on any atom is 0.183 e. The van der Waals surface area contributed by atoms with Gasteiger partial charge in [-0.05, 0) is 23.8 Å². The zero-order valence-corrected chi connectivity index (χ0v) is 9.35. The molecule has 4 nitrogen and oxygen atoms in total. The van der Waals surface area contributed by atoms with E-state index in [0.717, 1.165) is 22.2 Å². The van der Waals surface area contributed by atoms with Crippen LogP contribution in [0.5, 0.6) is 0 Å². The summed E-state index contributed by atoms with van der Waals surface area (Å²) in [7, 11) is 0. The van der Waals surface area contributed by atoms with Crippen LogP contribution >= 0.6 is 23.4 Å². The van der Waals surface area contributed by atoms with E-state index in [0.29, 0.717) is 5.02 Å². The Morgan fingerprint density at radius 2 is 2.33 bits per heavy atom. The molecule has 1 heterocycles. The Hall–Kier alpha value is -1.20. The van der Waals surface area contributed by atoms with Crippen molar-refractivity contribution in [3.8, 4) is 0 Å². The van der Waals surface area contributed by atoms with Gasteiger partial charge in [-0.1, -0.05) is 23.4 Å². The van der Waals surface area contributed by atoms with Crippen LogP contribution in [0.3, 0.4) is 0 Å². The topological polar surface area (TPSA) is 67.6 Å². The van der Waals surface area contributed by atoms with Gasteiger partial charge in [0.15, 0.2) is 5.16 Å². The second kappa shape index (κ2) is 4.55. The molecule has 3 N–H and O–H groups in total. The van der Waals surface area contributed by atoms with Crippen LogP contribution in [-0.4, -0.2) is 15.2 Å². The fraction of sp³-hybridized carbons (Fsp3) is 0.111. The average molecular weight is 241 g/mol. The lowest BCUT2D eigenvalue weighted by Crippen LogP contribution is -1.92. The molecule has 0 amide bonds. The number of H-pyrrole nitrogens is 1. The number of anilines is 1. The second-order valence-electron chi connectivity index (χ2n) is 2.92. The predicted molar refractivity (Wildman–Crippen MR) is 61.8 cm³/mol. The highest BCUT2D eigenvalue weighted by Gasteiger charge is 2.03. The highest BCUT2D eigenvalue weighted by molar-refractivity contribution is 7.98. The van der Waals surface area contributed by atoms with Crippen LogP contribution in [0, 0.1) is 0 Å². The molecule has 0 fully saturated rings. The lowest BCUT2D eigenvalue weighted by Gasteiger charge is -2.04. The van der Waals surface area contributed by atoms with Crippen LogP contribution in [0.4, 0.5) is 5.69 Å². The third-order valence-electron chi connectivity index (χ3n) is 1.86. The van der Waals surface area contributed by atoms with Crippen LogP contribution in [0.1, 0.15) is 5.56 Å². The van der Waals surface area contributed by atoms with Crippen molar-refractivity contribution in [1.29, 1.82) is 0 Å². The summed E-state index contributed by atoms with van der Waals surface area (Å²) in [6.45, 7) is 0. The van der Waals surface area contributed by atoms with Crippen LogP contribution < -0.4 is 5.73 Å². The Kier molecular flexibility index (Phi) is 3.13. The molecule has 2 aromatic rings. The van der Waals surface area contributed by atoms with Crippen LogP contribution in [0.25, 0.3) is 0 Å². The minimum Gasteiger partial charge on any atom is -0.398 e. The van der Waals surface area contributed by atoms with E-state index in [1.807, 2.05) is 6.07 Å². The van der Waals surface area contributed by atoms with E-state index in [2.05, 4.69) is 15.2 Å². The summed E-state index contributed by atoms with van der Waals surface area (Å²) >= 11 is 7.41. The summed E-state index contributed by atoms with van der Waals surface area (Å²) in [6.07, 6.45) is 1.48. The lowest BCUT2D eigenvalue weighted by atomic mass is 10.2. The first kappa shape index (κ1) is 10.3. The minimum absolute atomic E-state index is 0.692. The molecule has 0 bridgehead atoms. The summed E-state index contributed by atoms with van der Waals surface area (Å²) in [5.41, 5.74) is 7.56. The molecule has 0 aliphatic heterocycles. The van der Waals surface area contributed by atoms with E-state index < -0.39 is 0 Å². The van der Waals surface area contributed by atoms with E-state index in [-0.39, 0.29) is 0 Å². The maximum atomic E-state index is 5.88. The zero-order valence-electron chi connectivity index (χ0n) is 7.77. The number of aromatic nitrogens is 3. The first-order chi connectivity index (χ1) is 7.25. The number of nitrogens with one attached hydrogen (secondary N) is 1. The van der Waals surface area contributed by atoms with Gasteiger partial charge in [-0.25, -0.2) is 4.98 Å². The van der Waals surface area contributed by atoms with Crippen LogP contribution in [0.2, 0.25) is 5.02 Å². The second-order valence-corrected chi connectivity index (χ2v) is 4.32. The molecule has 0 aliphatic carbocycles. The zero-order chi connectivity index (χ0) is 10.7. The molecule has 0 aliphatic rings. The van der Waals surface area contributed by atoms with Gasteiger partial charge in [0.25, 0.3) is 0 Å². The molecule has 0 radical (unpaired) electrons. The molecule has 1 aromatic heterocycles. The monoisotopic (exact) mass is 240 g/mol. The van der Waals surface area contributed by atoms with E-state index in [1.54, 1.807) is 12.1 Å². The molecule has 0 spiro atoms. The average Bonchev–Trinajstić information content (AvgIpc) is 2.72. The first-order valence-electron chi connectivity index (χ1n) is 4.28. The smallest absolute Gasteiger partial charge is 0.183 e. The number of nitrogens with two attached hydrogens (primary N) is 1. The standard InChI is InChI=1S/C9H9ClN4S/c10-7-1-2-8(11)6(3-7)4-15-9-12-5-13-14-9/h1-3,5H,4,11H2,(H,12,13,14). The van der Waals surface area contributed by atoms with E-state index in [4.69, 9.17) is 17.3 Å². The number of rotatable bonds is 3. The summed E-state index contributed by atoms with van der Waals surface area (Å²) in [4.78, 5) is 4.01. The van der Waals surface area contributed by atoms with Gasteiger partial charge in [-0.3, -0.25) is 5.10 Å². The number of thioether (sulfide) groups is 1. The fourth-order valence-electron chi connectivity index (χ4n) is 1.11. The molecule has 15 heavy (non-hydrogen) atoms. The van der Waals surface area contributed by atoms with Gasteiger partial charge in [0.1, 0.15) is 6.33 Å². The van der Waals surface area contributed by atoms with Crippen molar-refractivity contribution < 1.29 is 0 Å². The largest absolute Gasteiger partial charge is 0.398 e. The van der Waals surface area contributed by atoms with E-state index in [1.165, 1.54) is 18.1 Å². The van der Waals surface area contributed by atoms with Crippen molar-refractivity contribution in [2.24, 2.45) is 0 Å². The van der Waals surface area contributed by atoms with Crippen molar-refractivity contribution in [2.45, 2.75) is 10.9 Å². The Balaban J connectivity index is 2.07. The van der Waals surface area contributed by atoms with Crippen molar-refractivity contribution in [1.82, 2.24) is 15.2 Å². The van der Waals surface area contributed by atoms with Crippen LogP contribution in [0.15, 0.2) is 29.7 Å². The molecular formula is C9H9ClN4S. The third kappa shape index (κ3) is 2.64. The van der Waals surface area contributed by atoms with Crippen molar-refractivity contribution in [2.75, 3.05) is 5.73 Å². The van der Waals surface area contributed by atoms with Crippen LogP contribution in [-0.2, 0) is 5.75 Å². The third-order valence-corrected chi connectivity index (χ3v) is 3.02. The van der Waals surface area contributed by atoms with Gasteiger partial charge in [-0.15, -0.1) is 0 Å². The summed E-state index contributed by atoms with van der Waals surface area (Å²) < 4.78 is 0. The number of nitrogen functional groups attached to an aromatic ring is 1. The van der Waals surface area contributed by atoms with Gasteiger partial charge in [0.05, 0.1) is 0 Å². The SMILES string of the molecule is Nc1ccc(Cl)cc1CSc1ncn[nH]1. The highest BCUT2D eigenvalue weighted by atomic mass is 35.5. The molecule has 6 heteroatoms. The highest BCUT2D eigenvalue weighted by Crippen LogP contribution is 2.24. The number of hydrogen-bond donors (Lipinski definition) is 2. The van der Waals surface area contributed by atoms with Crippen molar-refractivity contribution >= 4 is 29.1 Å². The molecule has 78 valence electrons. The van der Waals surface area contributed by atoms with Gasteiger partial charge in [-0.2, -0.15) is 5.10 Å². The van der Waals surface area contributed by atoms with E-state index >= 15 is 0 Å². The molecular weight excluding hydrogens is 232 g/mol. The molecule has 2 rings (SSSR count). The van der Waals surface area contributed by atoms with Crippen molar-refractivity contribution in [3.05, 3.63) is 35.1 Å². The van der Waals surface area contributed by atoms with E-state index in [9.17, 15) is 0 Å². The van der Waals surface area contributed by atoms with Gasteiger partial charge in [0.2, 0.25) is 0 Å². The Morgan fingerprint density at radius 1 is 1.47 bits per heavy atom. The Bertz CT molecular complexity index is 443. The summed E-state index contributed by atoms with van der Waals surface area (Å²) in [6, 6.07) is 5.44. The number of nitrogens with zero attached hydrogens (tertiary/aromatic N) is 2. The fourth-order valence-corrected chi connectivity index (χ4v) is 2.09. The normalized spacial score (nSPS) is 10.5. The Morgan fingerprint density at radius 3 is 3.07 bits per heavy atom. The molecule has 1 aromatic carbocycles. The predicted octanol–water partition coefficient (Wildman–Crippen LogP) is 2.33. The Labute approximate surface area is 96.2 Å². The first-order valence-corrected chi connectivity index (χ1v) is 5.64. The molecule has 0 atom stereocenters. The number of halogens is 1. The molecule has 0 saturated carbocycles. The molecule has 0 saturated heterocycles. The van der Waals surface area contributed by atoms with Gasteiger partial charge < -0.3 is 5.73 Å². The maximum absolute atomic E-state index is 5.88. The number of hydrogen-bond acceptors (Lipinski definition) is 4. The minimum atomic E-state index is 0.692. The van der Waals surface area contributed by atoms with Crippen molar-refractivity contribution in [3.63, 3.8) is 0 Å². The van der Waals surface area contributed by atoms with Gasteiger partial charge in [0, 0.05) is 16.5 Å². The lowest BCUT2D eigenvalue weighted by molar-refractivity contribution is 0.973. The van der Waals surface area contributed by atoms with Gasteiger partial charge >= 0.3 is 0 Å². The summed E-state index contributed by atoms with van der Waals surface area (Å²) in [5, 5.41) is 7.99. The quantitative estimate of drug-likeness (QED) is 0.638. The number of aromatic amines is 1.